The monoisotopic (exact) mass is 532 g/mol. The first kappa shape index (κ1) is 25.0. The zero-order chi connectivity index (χ0) is 26.3. The summed E-state index contributed by atoms with van der Waals surface area (Å²) in [4.78, 5) is 17.3. The van der Waals surface area contributed by atoms with Crippen molar-refractivity contribution in [2.24, 2.45) is 0 Å². The van der Waals surface area contributed by atoms with Crippen molar-refractivity contribution in [1.82, 2.24) is 4.98 Å². The van der Waals surface area contributed by atoms with Gasteiger partial charge in [0.1, 0.15) is 16.2 Å². The van der Waals surface area contributed by atoms with Gasteiger partial charge in [0.05, 0.1) is 11.0 Å². The fourth-order valence-corrected chi connectivity index (χ4v) is 7.45. The summed E-state index contributed by atoms with van der Waals surface area (Å²) in [7, 11) is -0.575. The molecule has 1 unspecified atom stereocenters. The van der Waals surface area contributed by atoms with E-state index in [2.05, 4.69) is 4.98 Å². The lowest BCUT2D eigenvalue weighted by atomic mass is 10.1. The standard InChI is InChI=1S/C28H25N2O5PS/c1-17-7-12-25(18(2)14-17)36(33,34-4)30(3)22-16-26(37-27(22)28(31)32)20-10-8-19(9-11-20)24-15-21-23(35-24)6-5-13-29-21/h5-16H,1-4H3,(H,31,32). The second-order valence-corrected chi connectivity index (χ2v) is 12.3. The van der Waals surface area contributed by atoms with Gasteiger partial charge in [0, 0.05) is 36.9 Å². The van der Waals surface area contributed by atoms with Crippen molar-refractivity contribution >= 4 is 46.9 Å². The van der Waals surface area contributed by atoms with Crippen LogP contribution in [0.2, 0.25) is 0 Å². The Balaban J connectivity index is 1.52. The molecule has 0 aliphatic heterocycles. The smallest absolute Gasteiger partial charge is 0.348 e. The lowest BCUT2D eigenvalue weighted by Crippen LogP contribution is -2.25. The predicted octanol–water partition coefficient (Wildman–Crippen LogP) is 7.14. The van der Waals surface area contributed by atoms with Gasteiger partial charge in [0.2, 0.25) is 0 Å². The molecule has 0 spiro atoms. The topological polar surface area (TPSA) is 92.9 Å². The number of fused-ring (bicyclic) bond motifs is 1. The zero-order valence-electron chi connectivity index (χ0n) is 20.8. The lowest BCUT2D eigenvalue weighted by molar-refractivity contribution is 0.0703. The third kappa shape index (κ3) is 4.48. The number of furan rings is 1. The Morgan fingerprint density at radius 3 is 2.43 bits per heavy atom. The largest absolute Gasteiger partial charge is 0.477 e. The van der Waals surface area contributed by atoms with Crippen molar-refractivity contribution in [3.05, 3.63) is 88.9 Å². The van der Waals surface area contributed by atoms with Crippen LogP contribution in [0.25, 0.3) is 32.9 Å². The Morgan fingerprint density at radius 2 is 1.78 bits per heavy atom. The molecule has 0 saturated heterocycles. The minimum Gasteiger partial charge on any atom is -0.477 e. The van der Waals surface area contributed by atoms with E-state index in [1.165, 1.54) is 11.8 Å². The molecule has 0 fully saturated rings. The number of thiophene rings is 1. The molecule has 7 nitrogen and oxygen atoms in total. The van der Waals surface area contributed by atoms with Gasteiger partial charge in [-0.2, -0.15) is 0 Å². The number of carboxylic acids is 1. The quantitative estimate of drug-likeness (QED) is 0.223. The number of aryl methyl sites for hydroxylation is 2. The van der Waals surface area contributed by atoms with E-state index in [0.29, 0.717) is 22.3 Å². The van der Waals surface area contributed by atoms with Crippen LogP contribution in [0, 0.1) is 13.8 Å². The second-order valence-electron chi connectivity index (χ2n) is 8.72. The number of nitrogens with zero attached hydrogens (tertiary/aromatic N) is 2. The molecule has 5 rings (SSSR count). The average molecular weight is 533 g/mol. The maximum atomic E-state index is 14.1. The van der Waals surface area contributed by atoms with Crippen molar-refractivity contribution in [2.75, 3.05) is 18.8 Å². The number of carbonyl (C=O) groups is 1. The summed E-state index contributed by atoms with van der Waals surface area (Å²) in [5, 5.41) is 10.5. The number of aromatic nitrogens is 1. The zero-order valence-corrected chi connectivity index (χ0v) is 22.5. The molecule has 3 aromatic heterocycles. The van der Waals surface area contributed by atoms with Gasteiger partial charge in [-0.1, -0.05) is 42.0 Å². The number of anilines is 1. The molecule has 0 amide bonds. The van der Waals surface area contributed by atoms with Gasteiger partial charge in [-0.15, -0.1) is 11.3 Å². The Hall–Kier alpha value is -3.71. The summed E-state index contributed by atoms with van der Waals surface area (Å²) >= 11 is 1.13. The van der Waals surface area contributed by atoms with Gasteiger partial charge in [0.15, 0.2) is 5.58 Å². The Morgan fingerprint density at radius 1 is 1.05 bits per heavy atom. The number of carboxylic acid groups (broad SMARTS) is 1. The van der Waals surface area contributed by atoms with E-state index >= 15 is 0 Å². The third-order valence-electron chi connectivity index (χ3n) is 6.30. The van der Waals surface area contributed by atoms with Crippen LogP contribution in [-0.4, -0.2) is 30.2 Å². The molecule has 37 heavy (non-hydrogen) atoms. The Labute approximate surface area is 218 Å². The number of rotatable bonds is 7. The van der Waals surface area contributed by atoms with Gasteiger partial charge in [0.25, 0.3) is 0 Å². The summed E-state index contributed by atoms with van der Waals surface area (Å²) in [6, 6.07) is 20.6. The first-order valence-corrected chi connectivity index (χ1v) is 13.9. The van der Waals surface area contributed by atoms with Crippen molar-refractivity contribution in [1.29, 1.82) is 0 Å². The molecule has 0 aliphatic carbocycles. The van der Waals surface area contributed by atoms with Crippen molar-refractivity contribution in [3.8, 4) is 21.8 Å². The Bertz CT molecular complexity index is 1640. The first-order chi connectivity index (χ1) is 17.7. The fraction of sp³-hybridized carbons (Fsp3) is 0.143. The Kier molecular flexibility index (Phi) is 6.50. The van der Waals surface area contributed by atoms with Crippen LogP contribution < -0.4 is 9.97 Å². The highest BCUT2D eigenvalue weighted by Gasteiger charge is 2.35. The lowest BCUT2D eigenvalue weighted by Gasteiger charge is -2.29. The van der Waals surface area contributed by atoms with E-state index in [1.807, 2.05) is 68.4 Å². The van der Waals surface area contributed by atoms with Gasteiger partial charge in [-0.25, -0.2) is 4.79 Å². The first-order valence-electron chi connectivity index (χ1n) is 11.5. The van der Waals surface area contributed by atoms with E-state index in [4.69, 9.17) is 8.94 Å². The number of aromatic carboxylic acids is 1. The summed E-state index contributed by atoms with van der Waals surface area (Å²) in [6.45, 7) is 3.83. The van der Waals surface area contributed by atoms with Crippen LogP contribution >= 0.6 is 18.9 Å². The minimum atomic E-state index is -3.57. The van der Waals surface area contributed by atoms with Gasteiger partial charge < -0.3 is 14.0 Å². The molecular weight excluding hydrogens is 507 g/mol. The van der Waals surface area contributed by atoms with Crippen LogP contribution in [0.1, 0.15) is 20.8 Å². The third-order valence-corrected chi connectivity index (χ3v) is 10.1. The molecule has 0 radical (unpaired) electrons. The van der Waals surface area contributed by atoms with E-state index in [-0.39, 0.29) is 4.88 Å². The van der Waals surface area contributed by atoms with Crippen molar-refractivity contribution in [3.63, 3.8) is 0 Å². The molecule has 0 bridgehead atoms. The van der Waals surface area contributed by atoms with Gasteiger partial charge in [-0.3, -0.25) is 14.2 Å². The molecule has 1 atom stereocenters. The molecule has 3 heterocycles. The van der Waals surface area contributed by atoms with Gasteiger partial charge in [-0.05, 0) is 49.2 Å². The second kappa shape index (κ2) is 9.63. The van der Waals surface area contributed by atoms with Crippen LogP contribution in [0.3, 0.4) is 0 Å². The molecule has 5 aromatic rings. The van der Waals surface area contributed by atoms with E-state index in [0.717, 1.165) is 44.0 Å². The molecule has 0 saturated carbocycles. The maximum absolute atomic E-state index is 14.1. The maximum Gasteiger partial charge on any atom is 0.348 e. The number of hydrogen-bond donors (Lipinski definition) is 1. The van der Waals surface area contributed by atoms with Crippen LogP contribution in [0.4, 0.5) is 5.69 Å². The van der Waals surface area contributed by atoms with E-state index in [9.17, 15) is 14.5 Å². The van der Waals surface area contributed by atoms with E-state index in [1.54, 1.807) is 25.4 Å². The van der Waals surface area contributed by atoms with Crippen LogP contribution in [0.15, 0.2) is 77.3 Å². The van der Waals surface area contributed by atoms with E-state index < -0.39 is 13.5 Å². The highest BCUT2D eigenvalue weighted by molar-refractivity contribution is 7.68. The van der Waals surface area contributed by atoms with Crippen LogP contribution in [-0.2, 0) is 9.09 Å². The highest BCUT2D eigenvalue weighted by atomic mass is 32.1. The SMILES string of the molecule is COP(=O)(c1ccc(C)cc1C)N(C)c1cc(-c2ccc(-c3cc4ncccc4o3)cc2)sc1C(=O)O. The molecule has 188 valence electrons. The summed E-state index contributed by atoms with van der Waals surface area (Å²) < 4.78 is 27.1. The molecular formula is C28H25N2O5PS. The fourth-order valence-electron chi connectivity index (χ4n) is 4.37. The average Bonchev–Trinajstić information content (AvgIpc) is 3.53. The molecule has 9 heteroatoms. The highest BCUT2D eigenvalue weighted by Crippen LogP contribution is 2.53. The molecule has 0 aliphatic rings. The normalized spacial score (nSPS) is 13.0. The molecule has 1 N–H and O–H groups in total. The number of pyridine rings is 1. The number of benzene rings is 2. The summed E-state index contributed by atoms with van der Waals surface area (Å²) in [6.07, 6.45) is 1.72. The molecule has 2 aromatic carbocycles. The van der Waals surface area contributed by atoms with Crippen LogP contribution in [0.5, 0.6) is 0 Å². The number of hydrogen-bond acceptors (Lipinski definition) is 6. The van der Waals surface area contributed by atoms with Gasteiger partial charge >= 0.3 is 13.5 Å². The summed E-state index contributed by atoms with van der Waals surface area (Å²) in [5.74, 6) is -0.389. The van der Waals surface area contributed by atoms with Crippen molar-refractivity contribution < 1.29 is 23.4 Å². The summed E-state index contributed by atoms with van der Waals surface area (Å²) in [5.41, 5.74) is 5.41. The minimum absolute atomic E-state index is 0.0898. The predicted molar refractivity (Wildman–Crippen MR) is 148 cm³/mol. The van der Waals surface area contributed by atoms with Crippen molar-refractivity contribution in [2.45, 2.75) is 13.8 Å².